The number of aryl methyl sites for hydroxylation is 2. The van der Waals surface area contributed by atoms with Gasteiger partial charge >= 0.3 is 0 Å². The smallest absolute Gasteiger partial charge is 0.164 e. The molecule has 0 aliphatic rings. The molecule has 7 aromatic carbocycles. The molecule has 0 atom stereocenters. The summed E-state index contributed by atoms with van der Waals surface area (Å²) in [6.07, 6.45) is 0. The summed E-state index contributed by atoms with van der Waals surface area (Å²) in [5.41, 5.74) is 10.4. The molecule has 3 heterocycles. The Hall–Kier alpha value is -9.40. The predicted molar refractivity (Wildman–Crippen MR) is 238 cm³/mol. The van der Waals surface area contributed by atoms with Crippen molar-refractivity contribution in [2.45, 2.75) is 13.8 Å². The Bertz CT molecular complexity index is 3710. The van der Waals surface area contributed by atoms with Crippen LogP contribution in [0.1, 0.15) is 39.5 Å². The van der Waals surface area contributed by atoms with Gasteiger partial charge in [-0.3, -0.25) is 0 Å². The lowest BCUT2D eigenvalue weighted by atomic mass is 9.99. The van der Waals surface area contributed by atoms with E-state index in [1.807, 2.05) is 48.5 Å². The van der Waals surface area contributed by atoms with Crippen LogP contribution in [0.2, 0.25) is 0 Å². The first-order chi connectivity index (χ1) is 30.3. The largest absolute Gasteiger partial charge is 0.307 e. The van der Waals surface area contributed by atoms with Crippen LogP contribution in [0.3, 0.4) is 0 Å². The molecule has 10 heteroatoms. The van der Waals surface area contributed by atoms with Crippen LogP contribution in [-0.4, -0.2) is 24.1 Å². The van der Waals surface area contributed by atoms with E-state index in [-0.39, 0.29) is 0 Å². The van der Waals surface area contributed by atoms with Crippen LogP contribution >= 0.6 is 0 Å². The zero-order chi connectivity index (χ0) is 42.6. The highest BCUT2D eigenvalue weighted by Gasteiger charge is 2.24. The first-order valence-electron chi connectivity index (χ1n) is 19.6. The van der Waals surface area contributed by atoms with E-state index in [2.05, 4.69) is 93.0 Å². The fourth-order valence-corrected chi connectivity index (χ4v) is 8.61. The van der Waals surface area contributed by atoms with Crippen LogP contribution in [0, 0.1) is 70.5 Å². The lowest BCUT2D eigenvalue weighted by Crippen LogP contribution is -2.07. The molecule has 10 rings (SSSR count). The minimum absolute atomic E-state index is 0.357. The Labute approximate surface area is 354 Å². The molecule has 0 amide bonds. The van der Waals surface area contributed by atoms with Crippen molar-refractivity contribution in [1.82, 2.24) is 24.1 Å². The maximum atomic E-state index is 10.9. The van der Waals surface area contributed by atoms with Gasteiger partial charge in [-0.1, -0.05) is 60.7 Å². The molecule has 0 aliphatic carbocycles. The summed E-state index contributed by atoms with van der Waals surface area (Å²) < 4.78 is 4.35. The number of para-hydroxylation sites is 2. The van der Waals surface area contributed by atoms with Crippen molar-refractivity contribution < 1.29 is 0 Å². The third kappa shape index (κ3) is 5.95. The van der Waals surface area contributed by atoms with Crippen molar-refractivity contribution in [1.29, 1.82) is 26.3 Å². The molecule has 0 N–H and O–H groups in total. The number of aromatic nitrogens is 5. The minimum atomic E-state index is 0.357. The molecule has 10 nitrogen and oxygen atoms in total. The first kappa shape index (κ1) is 36.9. The van der Waals surface area contributed by atoms with Gasteiger partial charge in [-0.05, 0) is 109 Å². The van der Waals surface area contributed by atoms with Gasteiger partial charge in [0.2, 0.25) is 0 Å². The molecule has 0 aliphatic heterocycles. The fraction of sp³-hybridized carbons (Fsp3) is 0.0385. The fourth-order valence-electron chi connectivity index (χ4n) is 8.61. The van der Waals surface area contributed by atoms with Gasteiger partial charge in [0.1, 0.15) is 11.6 Å². The molecule has 0 bridgehead atoms. The molecule has 286 valence electrons. The van der Waals surface area contributed by atoms with Crippen LogP contribution in [0.15, 0.2) is 133 Å². The van der Waals surface area contributed by atoms with Crippen molar-refractivity contribution in [3.8, 4) is 75.4 Å². The van der Waals surface area contributed by atoms with E-state index in [1.54, 1.807) is 50.2 Å². The standard InChI is InChI=1S/C52H28N10/c1-30-58-31(2)60-52(59-30)45-24-51(62-47-10-6-4-8-42(47)44-14-12-37(22-49(44)62)39-19-34(27-55)16-35(20-39)28-56)50(23-40(45)29-57)61-46-9-5-3-7-41(46)43-13-11-36(21-48(43)61)38-17-32(25-53)15-33(18-38)26-54/h3-24H,1-2H3. The van der Waals surface area contributed by atoms with Crippen LogP contribution in [0.25, 0.3) is 88.6 Å². The molecule has 3 aromatic heterocycles. The van der Waals surface area contributed by atoms with E-state index in [9.17, 15) is 26.3 Å². The average molecular weight is 793 g/mol. The van der Waals surface area contributed by atoms with Gasteiger partial charge in [0.05, 0.1) is 91.6 Å². The number of benzene rings is 7. The first-order valence-corrected chi connectivity index (χ1v) is 19.6. The van der Waals surface area contributed by atoms with E-state index < -0.39 is 0 Å². The molecule has 0 saturated heterocycles. The summed E-state index contributed by atoms with van der Waals surface area (Å²) >= 11 is 0. The second-order valence-corrected chi connectivity index (χ2v) is 15.0. The van der Waals surface area contributed by atoms with E-state index in [1.165, 1.54) is 0 Å². The minimum Gasteiger partial charge on any atom is -0.307 e. The molecule has 0 spiro atoms. The molecule has 0 fully saturated rings. The Kier molecular flexibility index (Phi) is 8.61. The average Bonchev–Trinajstić information content (AvgIpc) is 3.82. The van der Waals surface area contributed by atoms with E-state index in [0.717, 1.165) is 71.6 Å². The second-order valence-electron chi connectivity index (χ2n) is 15.0. The Balaban J connectivity index is 1.35. The van der Waals surface area contributed by atoms with Crippen molar-refractivity contribution in [3.05, 3.63) is 173 Å². The maximum Gasteiger partial charge on any atom is 0.164 e. The Morgan fingerprint density at radius 3 is 1.24 bits per heavy atom. The summed E-state index contributed by atoms with van der Waals surface area (Å²) in [5.74, 6) is 1.41. The van der Waals surface area contributed by atoms with Gasteiger partial charge in [-0.15, -0.1) is 0 Å². The van der Waals surface area contributed by atoms with Crippen molar-refractivity contribution >= 4 is 43.6 Å². The summed E-state index contributed by atoms with van der Waals surface area (Å²) in [5, 5.41) is 54.3. The zero-order valence-corrected chi connectivity index (χ0v) is 33.2. The third-order valence-electron chi connectivity index (χ3n) is 11.2. The van der Waals surface area contributed by atoms with Crippen LogP contribution in [-0.2, 0) is 0 Å². The Morgan fingerprint density at radius 2 is 0.806 bits per heavy atom. The highest BCUT2D eigenvalue weighted by molar-refractivity contribution is 6.13. The lowest BCUT2D eigenvalue weighted by molar-refractivity contribution is 0.927. The maximum absolute atomic E-state index is 10.9. The van der Waals surface area contributed by atoms with Gasteiger partial charge in [0, 0.05) is 27.1 Å². The summed E-state index contributed by atoms with van der Waals surface area (Å²) in [4.78, 5) is 13.9. The molecular formula is C52H28N10. The molecular weight excluding hydrogens is 765 g/mol. The van der Waals surface area contributed by atoms with E-state index in [0.29, 0.717) is 56.5 Å². The Morgan fingerprint density at radius 1 is 0.387 bits per heavy atom. The monoisotopic (exact) mass is 792 g/mol. The van der Waals surface area contributed by atoms with Gasteiger partial charge in [0.15, 0.2) is 5.82 Å². The SMILES string of the molecule is Cc1nc(C)nc(-c2cc(-n3c4ccccc4c4ccc(-c5cc(C#N)cc(C#N)c5)cc43)c(-n3c4ccccc4c4ccc(-c5cc(C#N)cc(C#N)c5)cc43)cc2C#N)n1. The lowest BCUT2D eigenvalue weighted by Gasteiger charge is -2.19. The molecule has 0 saturated carbocycles. The number of nitrogens with zero attached hydrogens (tertiary/aromatic N) is 10. The van der Waals surface area contributed by atoms with Gasteiger partial charge in [0.25, 0.3) is 0 Å². The molecule has 62 heavy (non-hydrogen) atoms. The van der Waals surface area contributed by atoms with E-state index >= 15 is 0 Å². The highest BCUT2D eigenvalue weighted by Crippen LogP contribution is 2.42. The quantitative estimate of drug-likeness (QED) is 0.166. The normalized spacial score (nSPS) is 11.0. The van der Waals surface area contributed by atoms with Crippen LogP contribution < -0.4 is 0 Å². The summed E-state index contributed by atoms with van der Waals surface area (Å²) in [7, 11) is 0. The van der Waals surface area contributed by atoms with Crippen LogP contribution in [0.4, 0.5) is 0 Å². The molecule has 10 aromatic rings. The van der Waals surface area contributed by atoms with Crippen molar-refractivity contribution in [2.75, 3.05) is 0 Å². The van der Waals surface area contributed by atoms with Gasteiger partial charge in [-0.2, -0.15) is 26.3 Å². The van der Waals surface area contributed by atoms with Crippen molar-refractivity contribution in [3.63, 3.8) is 0 Å². The highest BCUT2D eigenvalue weighted by atomic mass is 15.1. The molecule has 0 unspecified atom stereocenters. The zero-order valence-electron chi connectivity index (χ0n) is 33.2. The van der Waals surface area contributed by atoms with Gasteiger partial charge < -0.3 is 9.13 Å². The number of nitriles is 5. The van der Waals surface area contributed by atoms with E-state index in [4.69, 9.17) is 9.97 Å². The predicted octanol–water partition coefficient (Wildman–Crippen LogP) is 11.0. The number of fused-ring (bicyclic) bond motifs is 6. The van der Waals surface area contributed by atoms with Gasteiger partial charge in [-0.25, -0.2) is 15.0 Å². The molecule has 0 radical (unpaired) electrons. The van der Waals surface area contributed by atoms with Crippen LogP contribution in [0.5, 0.6) is 0 Å². The second kappa shape index (κ2) is 14.5. The topological polar surface area (TPSA) is 167 Å². The third-order valence-corrected chi connectivity index (χ3v) is 11.2. The number of rotatable bonds is 5. The summed E-state index contributed by atoms with van der Waals surface area (Å²) in [6, 6.07) is 53.9. The summed E-state index contributed by atoms with van der Waals surface area (Å²) in [6.45, 7) is 3.60. The number of hydrogen-bond acceptors (Lipinski definition) is 8. The number of hydrogen-bond donors (Lipinski definition) is 0. The van der Waals surface area contributed by atoms with Crippen molar-refractivity contribution in [2.24, 2.45) is 0 Å².